The first-order chi connectivity index (χ1) is 27.6. The van der Waals surface area contributed by atoms with Gasteiger partial charge in [0.2, 0.25) is 0 Å². The molecule has 7 aliphatic carbocycles. The zero-order chi connectivity index (χ0) is 38.3. The second-order valence-electron chi connectivity index (χ2n) is 22.9. The van der Waals surface area contributed by atoms with Crippen molar-refractivity contribution in [2.24, 2.45) is 94.7 Å². The fourth-order valence-corrected chi connectivity index (χ4v) is 17.0. The highest BCUT2D eigenvalue weighted by Crippen LogP contribution is 2.59. The highest BCUT2D eigenvalue weighted by molar-refractivity contribution is 5.09. The van der Waals surface area contributed by atoms with Crippen LogP contribution in [0.25, 0.3) is 0 Å². The van der Waals surface area contributed by atoms with Gasteiger partial charge in [-0.15, -0.1) is 0 Å². The van der Waals surface area contributed by atoms with Crippen molar-refractivity contribution < 1.29 is 0 Å². The Labute approximate surface area is 348 Å². The van der Waals surface area contributed by atoms with Crippen molar-refractivity contribution >= 4 is 0 Å². The molecular weight excluding hydrogens is 677 g/mol. The molecule has 1 saturated heterocycles. The van der Waals surface area contributed by atoms with Crippen LogP contribution in [0.4, 0.5) is 0 Å². The summed E-state index contributed by atoms with van der Waals surface area (Å²) in [6.07, 6.45) is 48.3. The van der Waals surface area contributed by atoms with Gasteiger partial charge in [0.15, 0.2) is 0 Å². The van der Waals surface area contributed by atoms with E-state index >= 15 is 0 Å². The van der Waals surface area contributed by atoms with Gasteiger partial charge >= 0.3 is 0 Å². The van der Waals surface area contributed by atoms with Crippen molar-refractivity contribution in [3.8, 4) is 0 Å². The van der Waals surface area contributed by atoms with E-state index in [1.165, 1.54) is 116 Å². The molecule has 1 heterocycles. The quantitative estimate of drug-likeness (QED) is 0.163. The normalized spacial score (nSPS) is 40.3. The number of allylic oxidation sites excluding steroid dienone is 2. The Bertz CT molecular complexity index is 1180. The standard InChI is InChI=1S/C54H94N2/c1-4-14-40(45-33-34-55-36-45)25-23-38(2)44(37-56-46-28-27-41-15-8-9-18-43(41)35-46)26-24-39(3)47-29-31-53(51-21-12-10-19-49(47)51)54-32-30-48(42-16-6-5-7-17-42)50-20-11-13-22-52(50)54/h35,38-45,47-56H,4-34,36-37H2,1-3H3. The molecule has 2 nitrogen and oxygen atoms in total. The van der Waals surface area contributed by atoms with Gasteiger partial charge in [-0.05, 0) is 204 Å². The van der Waals surface area contributed by atoms with Gasteiger partial charge in [0.05, 0.1) is 0 Å². The molecule has 7 fully saturated rings. The minimum absolute atomic E-state index is 0.826. The molecule has 15 atom stereocenters. The fourth-order valence-electron chi connectivity index (χ4n) is 17.0. The smallest absolute Gasteiger partial charge is 0.0174 e. The van der Waals surface area contributed by atoms with Crippen LogP contribution in [0.5, 0.6) is 0 Å². The summed E-state index contributed by atoms with van der Waals surface area (Å²) in [4.78, 5) is 0. The van der Waals surface area contributed by atoms with E-state index in [9.17, 15) is 0 Å². The average Bonchev–Trinajstić information content (AvgIpc) is 3.80. The van der Waals surface area contributed by atoms with Crippen molar-refractivity contribution in [1.29, 1.82) is 0 Å². The SMILES string of the molecule is CCCC(CCC(C)C(CCC(C)C1CCC(C2CCC(C3CCCCC3)C3CCCCC32)C2CCCCC12)CNC1=CC2CCCCC2CC1)C1CCNC1. The summed E-state index contributed by atoms with van der Waals surface area (Å²) in [5, 5.41) is 7.90. The molecule has 2 N–H and O–H groups in total. The van der Waals surface area contributed by atoms with Crippen molar-refractivity contribution in [3.05, 3.63) is 11.8 Å². The van der Waals surface area contributed by atoms with Crippen LogP contribution in [0, 0.1) is 94.7 Å². The molecule has 8 aliphatic rings. The lowest BCUT2D eigenvalue weighted by atomic mass is 9.49. The molecule has 0 aromatic rings. The van der Waals surface area contributed by atoms with E-state index in [2.05, 4.69) is 37.5 Å². The molecule has 8 rings (SSSR count). The van der Waals surface area contributed by atoms with Crippen molar-refractivity contribution in [3.63, 3.8) is 0 Å². The number of hydrogen-bond donors (Lipinski definition) is 2. The van der Waals surface area contributed by atoms with Gasteiger partial charge in [0, 0.05) is 12.2 Å². The van der Waals surface area contributed by atoms with E-state index in [1.807, 2.05) is 0 Å². The van der Waals surface area contributed by atoms with Crippen LogP contribution in [0.15, 0.2) is 11.8 Å². The van der Waals surface area contributed by atoms with Gasteiger partial charge in [0.25, 0.3) is 0 Å². The Morgan fingerprint density at radius 3 is 1.95 bits per heavy atom. The minimum atomic E-state index is 0.826. The van der Waals surface area contributed by atoms with Crippen LogP contribution >= 0.6 is 0 Å². The maximum Gasteiger partial charge on any atom is 0.0174 e. The predicted molar refractivity (Wildman–Crippen MR) is 240 cm³/mol. The van der Waals surface area contributed by atoms with Crippen LogP contribution in [0.1, 0.15) is 213 Å². The molecule has 0 amide bonds. The molecule has 2 heteroatoms. The molecule has 0 spiro atoms. The molecule has 56 heavy (non-hydrogen) atoms. The topological polar surface area (TPSA) is 24.1 Å². The average molecular weight is 771 g/mol. The molecular formula is C54H94N2. The van der Waals surface area contributed by atoms with Crippen LogP contribution in [0.2, 0.25) is 0 Å². The third-order valence-corrected chi connectivity index (χ3v) is 20.1. The lowest BCUT2D eigenvalue weighted by molar-refractivity contribution is -0.0672. The van der Waals surface area contributed by atoms with Crippen molar-refractivity contribution in [2.45, 2.75) is 213 Å². The van der Waals surface area contributed by atoms with E-state index in [0.717, 1.165) is 94.7 Å². The van der Waals surface area contributed by atoms with E-state index in [1.54, 1.807) is 102 Å². The minimum Gasteiger partial charge on any atom is -0.388 e. The summed E-state index contributed by atoms with van der Waals surface area (Å²) in [5.41, 5.74) is 1.63. The molecule has 0 radical (unpaired) electrons. The zero-order valence-corrected chi connectivity index (χ0v) is 37.6. The molecule has 0 aromatic carbocycles. The van der Waals surface area contributed by atoms with Crippen molar-refractivity contribution in [1.82, 2.24) is 10.6 Å². The lowest BCUT2D eigenvalue weighted by Crippen LogP contribution is -2.48. The lowest BCUT2D eigenvalue weighted by Gasteiger charge is -2.56. The first kappa shape index (κ1) is 42.2. The van der Waals surface area contributed by atoms with Gasteiger partial charge in [-0.3, -0.25) is 0 Å². The Kier molecular flexibility index (Phi) is 15.7. The zero-order valence-electron chi connectivity index (χ0n) is 37.6. The second kappa shape index (κ2) is 20.8. The Morgan fingerprint density at radius 2 is 1.20 bits per heavy atom. The predicted octanol–water partition coefficient (Wildman–Crippen LogP) is 14.8. The van der Waals surface area contributed by atoms with Gasteiger partial charge < -0.3 is 10.6 Å². The van der Waals surface area contributed by atoms with E-state index in [0.29, 0.717) is 0 Å². The van der Waals surface area contributed by atoms with Crippen molar-refractivity contribution in [2.75, 3.05) is 19.6 Å². The highest BCUT2D eigenvalue weighted by atomic mass is 14.9. The van der Waals surface area contributed by atoms with E-state index < -0.39 is 0 Å². The molecule has 1 aliphatic heterocycles. The number of rotatable bonds is 16. The van der Waals surface area contributed by atoms with Crippen LogP contribution in [-0.2, 0) is 0 Å². The summed E-state index contributed by atoms with van der Waals surface area (Å²) in [7, 11) is 0. The number of hydrogen-bond acceptors (Lipinski definition) is 2. The van der Waals surface area contributed by atoms with Gasteiger partial charge in [-0.1, -0.05) is 123 Å². The first-order valence-corrected chi connectivity index (χ1v) is 26.7. The molecule has 0 bridgehead atoms. The summed E-state index contributed by atoms with van der Waals surface area (Å²) in [6.45, 7) is 11.7. The highest BCUT2D eigenvalue weighted by Gasteiger charge is 2.51. The van der Waals surface area contributed by atoms with Crippen LogP contribution in [-0.4, -0.2) is 19.6 Å². The van der Waals surface area contributed by atoms with Crippen LogP contribution < -0.4 is 10.6 Å². The largest absolute Gasteiger partial charge is 0.388 e. The maximum absolute atomic E-state index is 4.19. The fraction of sp³-hybridized carbons (Fsp3) is 0.963. The molecule has 0 aromatic heterocycles. The van der Waals surface area contributed by atoms with Gasteiger partial charge in [-0.2, -0.15) is 0 Å². The summed E-state index contributed by atoms with van der Waals surface area (Å²) in [6, 6.07) is 0. The number of fused-ring (bicyclic) bond motifs is 3. The summed E-state index contributed by atoms with van der Waals surface area (Å²) in [5.74, 6) is 16.0. The van der Waals surface area contributed by atoms with Gasteiger partial charge in [0.1, 0.15) is 0 Å². The molecule has 320 valence electrons. The first-order valence-electron chi connectivity index (χ1n) is 26.7. The van der Waals surface area contributed by atoms with E-state index in [4.69, 9.17) is 0 Å². The number of nitrogens with one attached hydrogen (secondary N) is 2. The Balaban J connectivity index is 0.905. The third-order valence-electron chi connectivity index (χ3n) is 20.1. The Morgan fingerprint density at radius 1 is 0.571 bits per heavy atom. The van der Waals surface area contributed by atoms with Gasteiger partial charge in [-0.25, -0.2) is 0 Å². The van der Waals surface area contributed by atoms with Crippen LogP contribution in [0.3, 0.4) is 0 Å². The second-order valence-corrected chi connectivity index (χ2v) is 22.9. The maximum atomic E-state index is 4.19. The molecule has 15 unspecified atom stereocenters. The van der Waals surface area contributed by atoms with E-state index in [-0.39, 0.29) is 0 Å². The summed E-state index contributed by atoms with van der Waals surface area (Å²) >= 11 is 0. The third kappa shape index (κ3) is 10.2. The monoisotopic (exact) mass is 771 g/mol. The Hall–Kier alpha value is -0.500. The summed E-state index contributed by atoms with van der Waals surface area (Å²) < 4.78 is 0. The molecule has 6 saturated carbocycles.